The Kier molecular flexibility index (Phi) is 3.92. The largest absolute Gasteiger partial charge is 0.338 e. The van der Waals surface area contributed by atoms with Crippen LogP contribution in [0.5, 0.6) is 0 Å². The molecule has 0 bridgehead atoms. The van der Waals surface area contributed by atoms with E-state index >= 15 is 0 Å². The first-order chi connectivity index (χ1) is 8.08. The molecule has 2 aromatic rings. The third-order valence-electron chi connectivity index (χ3n) is 2.22. The van der Waals surface area contributed by atoms with Gasteiger partial charge in [0.25, 0.3) is 0 Å². The van der Waals surface area contributed by atoms with Crippen molar-refractivity contribution in [1.29, 1.82) is 0 Å². The molecule has 0 N–H and O–H groups in total. The van der Waals surface area contributed by atoms with E-state index < -0.39 is 0 Å². The molecular weight excluding hydrogens is 282 g/mol. The van der Waals surface area contributed by atoms with Crippen LogP contribution in [0.2, 0.25) is 10.0 Å². The van der Waals surface area contributed by atoms with Crippen LogP contribution in [0.15, 0.2) is 22.7 Å². The molecular formula is C11H9Cl3N2O. The Bertz CT molecular complexity index is 505. The van der Waals surface area contributed by atoms with Crippen molar-refractivity contribution in [2.45, 2.75) is 18.7 Å². The van der Waals surface area contributed by atoms with Crippen molar-refractivity contribution in [3.05, 3.63) is 45.5 Å². The summed E-state index contributed by atoms with van der Waals surface area (Å²) in [6, 6.07) is 5.33. The number of alkyl halides is 1. The van der Waals surface area contributed by atoms with E-state index in [2.05, 4.69) is 10.1 Å². The van der Waals surface area contributed by atoms with Gasteiger partial charge in [0.15, 0.2) is 5.82 Å². The Morgan fingerprint density at radius 3 is 2.47 bits per heavy atom. The predicted octanol–water partition coefficient (Wildman–Crippen LogP) is 4.27. The van der Waals surface area contributed by atoms with E-state index in [-0.39, 0.29) is 5.38 Å². The second kappa shape index (κ2) is 5.25. The Balaban J connectivity index is 2.25. The normalized spacial score (nSPS) is 12.7. The van der Waals surface area contributed by atoms with E-state index in [1.807, 2.05) is 0 Å². The maximum atomic E-state index is 6.05. The summed E-state index contributed by atoms with van der Waals surface area (Å²) in [6.07, 6.45) is 0.422. The molecule has 2 rings (SSSR count). The van der Waals surface area contributed by atoms with Gasteiger partial charge in [0, 0.05) is 16.5 Å². The molecule has 0 fully saturated rings. The molecule has 0 aliphatic carbocycles. The summed E-state index contributed by atoms with van der Waals surface area (Å²) in [5.74, 6) is 0.910. The minimum atomic E-state index is -0.307. The monoisotopic (exact) mass is 290 g/mol. The first kappa shape index (κ1) is 12.7. The summed E-state index contributed by atoms with van der Waals surface area (Å²) in [4.78, 5) is 4.16. The molecule has 1 aromatic heterocycles. The van der Waals surface area contributed by atoms with E-state index in [0.29, 0.717) is 28.2 Å². The molecule has 0 aliphatic heterocycles. The van der Waals surface area contributed by atoms with Gasteiger partial charge in [-0.05, 0) is 24.6 Å². The predicted molar refractivity (Wildman–Crippen MR) is 67.8 cm³/mol. The molecule has 0 saturated carbocycles. The molecule has 0 aliphatic rings. The number of benzene rings is 1. The van der Waals surface area contributed by atoms with Gasteiger partial charge in [0.1, 0.15) is 5.38 Å². The Labute approximate surface area is 114 Å². The van der Waals surface area contributed by atoms with Crippen LogP contribution in [0.3, 0.4) is 0 Å². The number of rotatable bonds is 3. The lowest BCUT2D eigenvalue weighted by molar-refractivity contribution is 0.374. The molecule has 90 valence electrons. The highest BCUT2D eigenvalue weighted by Gasteiger charge is 2.14. The molecule has 6 heteroatoms. The van der Waals surface area contributed by atoms with Crippen molar-refractivity contribution in [3.63, 3.8) is 0 Å². The number of nitrogens with zero attached hydrogens (tertiary/aromatic N) is 2. The quantitative estimate of drug-likeness (QED) is 0.793. The van der Waals surface area contributed by atoms with E-state index in [0.717, 1.165) is 5.56 Å². The lowest BCUT2D eigenvalue weighted by Gasteiger charge is -2.03. The maximum absolute atomic E-state index is 6.05. The number of hydrogen-bond donors (Lipinski definition) is 0. The van der Waals surface area contributed by atoms with Crippen LogP contribution < -0.4 is 0 Å². The van der Waals surface area contributed by atoms with Crippen molar-refractivity contribution in [3.8, 4) is 0 Å². The van der Waals surface area contributed by atoms with Crippen LogP contribution in [0.4, 0.5) is 0 Å². The third-order valence-corrected chi connectivity index (χ3v) is 3.12. The van der Waals surface area contributed by atoms with Crippen molar-refractivity contribution in [2.75, 3.05) is 0 Å². The SMILES string of the molecule is CC(Cl)c1nc(Cc2c(Cl)cccc2Cl)no1. The first-order valence-electron chi connectivity index (χ1n) is 4.97. The summed E-state index contributed by atoms with van der Waals surface area (Å²) in [5.41, 5.74) is 0.783. The third kappa shape index (κ3) is 2.92. The zero-order valence-electron chi connectivity index (χ0n) is 8.95. The summed E-state index contributed by atoms with van der Waals surface area (Å²) >= 11 is 17.9. The van der Waals surface area contributed by atoms with Gasteiger partial charge in [0.05, 0.1) is 0 Å². The summed E-state index contributed by atoms with van der Waals surface area (Å²) in [5, 5.41) is 4.69. The van der Waals surface area contributed by atoms with Gasteiger partial charge >= 0.3 is 0 Å². The fourth-order valence-corrected chi connectivity index (χ4v) is 1.98. The average Bonchev–Trinajstić information content (AvgIpc) is 2.72. The Hall–Kier alpha value is -0.770. The van der Waals surface area contributed by atoms with E-state index in [1.54, 1.807) is 25.1 Å². The smallest absolute Gasteiger partial charge is 0.244 e. The molecule has 1 heterocycles. The number of halogens is 3. The lowest BCUT2D eigenvalue weighted by atomic mass is 10.1. The van der Waals surface area contributed by atoms with Crippen LogP contribution in [0, 0.1) is 0 Å². The van der Waals surface area contributed by atoms with Gasteiger partial charge in [-0.25, -0.2) is 0 Å². The van der Waals surface area contributed by atoms with Crippen LogP contribution in [0.1, 0.15) is 29.6 Å². The maximum Gasteiger partial charge on any atom is 0.244 e. The van der Waals surface area contributed by atoms with Gasteiger partial charge in [-0.3, -0.25) is 0 Å². The van der Waals surface area contributed by atoms with Crippen molar-refractivity contribution in [2.24, 2.45) is 0 Å². The molecule has 0 amide bonds. The summed E-state index contributed by atoms with van der Waals surface area (Å²) in [6.45, 7) is 1.77. The Morgan fingerprint density at radius 2 is 1.94 bits per heavy atom. The molecule has 1 atom stereocenters. The molecule has 0 saturated heterocycles. The lowest BCUT2D eigenvalue weighted by Crippen LogP contribution is -1.94. The van der Waals surface area contributed by atoms with Crippen LogP contribution in [0.25, 0.3) is 0 Å². The van der Waals surface area contributed by atoms with Crippen LogP contribution in [-0.2, 0) is 6.42 Å². The van der Waals surface area contributed by atoms with Crippen LogP contribution in [-0.4, -0.2) is 10.1 Å². The molecule has 3 nitrogen and oxygen atoms in total. The molecule has 0 radical (unpaired) electrons. The average molecular weight is 292 g/mol. The fourth-order valence-electron chi connectivity index (χ4n) is 1.36. The highest BCUT2D eigenvalue weighted by atomic mass is 35.5. The van der Waals surface area contributed by atoms with Crippen molar-refractivity contribution in [1.82, 2.24) is 10.1 Å². The number of aromatic nitrogens is 2. The minimum absolute atomic E-state index is 0.307. The fraction of sp³-hybridized carbons (Fsp3) is 0.273. The van der Waals surface area contributed by atoms with E-state index in [4.69, 9.17) is 39.3 Å². The summed E-state index contributed by atoms with van der Waals surface area (Å²) in [7, 11) is 0. The Morgan fingerprint density at radius 1 is 1.29 bits per heavy atom. The topological polar surface area (TPSA) is 38.9 Å². The van der Waals surface area contributed by atoms with Gasteiger partial charge in [-0.15, -0.1) is 11.6 Å². The standard InChI is InChI=1S/C11H9Cl3N2O/c1-6(12)11-15-10(16-17-11)5-7-8(13)3-2-4-9(7)14/h2-4,6H,5H2,1H3. The van der Waals surface area contributed by atoms with E-state index in [9.17, 15) is 0 Å². The number of hydrogen-bond acceptors (Lipinski definition) is 3. The second-order valence-corrected chi connectivity index (χ2v) is 5.01. The second-order valence-electron chi connectivity index (χ2n) is 3.54. The van der Waals surface area contributed by atoms with Gasteiger partial charge in [-0.1, -0.05) is 34.4 Å². The highest BCUT2D eigenvalue weighted by Crippen LogP contribution is 2.26. The molecule has 1 aromatic carbocycles. The van der Waals surface area contributed by atoms with Gasteiger partial charge < -0.3 is 4.52 Å². The molecule has 0 spiro atoms. The zero-order valence-corrected chi connectivity index (χ0v) is 11.2. The zero-order chi connectivity index (χ0) is 12.4. The molecule has 1 unspecified atom stereocenters. The van der Waals surface area contributed by atoms with E-state index in [1.165, 1.54) is 0 Å². The highest BCUT2D eigenvalue weighted by molar-refractivity contribution is 6.36. The summed E-state index contributed by atoms with van der Waals surface area (Å²) < 4.78 is 5.00. The van der Waals surface area contributed by atoms with Gasteiger partial charge in [0.2, 0.25) is 5.89 Å². The molecule has 17 heavy (non-hydrogen) atoms. The van der Waals surface area contributed by atoms with Crippen LogP contribution >= 0.6 is 34.8 Å². The minimum Gasteiger partial charge on any atom is -0.338 e. The van der Waals surface area contributed by atoms with Crippen molar-refractivity contribution < 1.29 is 4.52 Å². The van der Waals surface area contributed by atoms with Crippen molar-refractivity contribution >= 4 is 34.8 Å². The first-order valence-corrected chi connectivity index (χ1v) is 6.16. The van der Waals surface area contributed by atoms with Gasteiger partial charge in [-0.2, -0.15) is 4.98 Å².